The number of sulfone groups is 1. The van der Waals surface area contributed by atoms with E-state index in [1.807, 2.05) is 0 Å². The van der Waals surface area contributed by atoms with Gasteiger partial charge in [0.05, 0.1) is 9.79 Å². The fourth-order valence-electron chi connectivity index (χ4n) is 1.05. The average Bonchev–Trinajstić information content (AvgIpc) is 2.27. The van der Waals surface area contributed by atoms with Crippen molar-refractivity contribution < 1.29 is 16.8 Å². The van der Waals surface area contributed by atoms with Crippen molar-refractivity contribution in [2.24, 2.45) is 0 Å². The maximum absolute atomic E-state index is 11.7. The summed E-state index contributed by atoms with van der Waals surface area (Å²) in [5.74, 6) is 0. The van der Waals surface area contributed by atoms with Crippen molar-refractivity contribution in [3.63, 3.8) is 0 Å². The van der Waals surface area contributed by atoms with Crippen LogP contribution in [0.4, 0.5) is 0 Å². The van der Waals surface area contributed by atoms with Crippen LogP contribution in [-0.4, -0.2) is 27.0 Å². The zero-order chi connectivity index (χ0) is 14.2. The molecule has 1 aromatic carbocycles. The molecule has 10 heteroatoms. The monoisotopic (exact) mass is 351 g/mol. The van der Waals surface area contributed by atoms with Crippen LogP contribution in [0.15, 0.2) is 34.1 Å². The summed E-state index contributed by atoms with van der Waals surface area (Å²) < 4.78 is 45.9. The molecule has 1 rings (SSSR count). The second kappa shape index (κ2) is 5.15. The van der Waals surface area contributed by atoms with E-state index in [9.17, 15) is 16.8 Å². The minimum Gasteiger partial charge on any atom is -0.219 e. The molecule has 1 N–H and O–H groups in total. The van der Waals surface area contributed by atoms with Gasteiger partial charge in [-0.1, -0.05) is 34.8 Å². The molecule has 0 fully saturated rings. The van der Waals surface area contributed by atoms with E-state index in [0.29, 0.717) is 0 Å². The lowest BCUT2D eigenvalue weighted by atomic mass is 10.4. The van der Waals surface area contributed by atoms with E-state index in [-0.39, 0.29) is 9.79 Å². The summed E-state index contributed by atoms with van der Waals surface area (Å²) in [6.07, 6.45) is 0. The normalized spacial score (nSPS) is 13.6. The lowest BCUT2D eigenvalue weighted by molar-refractivity contribution is 0.586. The van der Waals surface area contributed by atoms with Crippen molar-refractivity contribution in [2.75, 3.05) is 7.05 Å². The number of rotatable bonds is 3. The number of benzene rings is 1. The van der Waals surface area contributed by atoms with Crippen molar-refractivity contribution in [3.05, 3.63) is 24.3 Å². The Kier molecular flexibility index (Phi) is 4.58. The van der Waals surface area contributed by atoms with E-state index in [2.05, 4.69) is 4.72 Å². The molecule has 0 bridgehead atoms. The fourth-order valence-corrected chi connectivity index (χ4v) is 3.34. The average molecular weight is 353 g/mol. The first-order valence-electron chi connectivity index (χ1n) is 4.37. The molecule has 0 aromatic heterocycles. The van der Waals surface area contributed by atoms with E-state index in [4.69, 9.17) is 34.8 Å². The first kappa shape index (κ1) is 16.0. The number of sulfonamides is 1. The molecule has 1 aromatic rings. The molecular formula is C8H8Cl3NO4S2. The molecule has 0 unspecified atom stereocenters. The quantitative estimate of drug-likeness (QED) is 0.840. The maximum atomic E-state index is 11.7. The molecule has 18 heavy (non-hydrogen) atoms. The molecule has 5 nitrogen and oxygen atoms in total. The Hall–Kier alpha value is -0.0500. The molecule has 0 saturated carbocycles. The lowest BCUT2D eigenvalue weighted by Crippen LogP contribution is -2.21. The van der Waals surface area contributed by atoms with Crippen LogP contribution in [0.2, 0.25) is 0 Å². The minimum atomic E-state index is -4.16. The number of hydrogen-bond acceptors (Lipinski definition) is 4. The van der Waals surface area contributed by atoms with Crippen LogP contribution in [0.3, 0.4) is 0 Å². The molecule has 0 heterocycles. The summed E-state index contributed by atoms with van der Waals surface area (Å²) in [7, 11) is -6.57. The Labute approximate surface area is 120 Å². The Morgan fingerprint density at radius 1 is 0.944 bits per heavy atom. The molecule has 0 amide bonds. The van der Waals surface area contributed by atoms with Crippen LogP contribution in [0.5, 0.6) is 0 Å². The highest BCUT2D eigenvalue weighted by molar-refractivity contribution is 7.97. The van der Waals surface area contributed by atoms with Gasteiger partial charge in [0.2, 0.25) is 19.9 Å². The van der Waals surface area contributed by atoms with Crippen LogP contribution in [0, 0.1) is 0 Å². The van der Waals surface area contributed by atoms with Crippen molar-refractivity contribution in [1.82, 2.24) is 4.72 Å². The van der Waals surface area contributed by atoms with Gasteiger partial charge < -0.3 is 0 Å². The Morgan fingerprint density at radius 2 is 1.33 bits per heavy atom. The molecule has 0 spiro atoms. The number of halogens is 3. The van der Waals surface area contributed by atoms with E-state index < -0.39 is 23.0 Å². The van der Waals surface area contributed by atoms with Gasteiger partial charge in [0.25, 0.3) is 3.12 Å². The molecule has 0 aliphatic rings. The Bertz CT molecular complexity index is 632. The first-order valence-corrected chi connectivity index (χ1v) is 8.47. The van der Waals surface area contributed by atoms with E-state index in [1.165, 1.54) is 7.05 Å². The second-order valence-electron chi connectivity index (χ2n) is 3.13. The van der Waals surface area contributed by atoms with Gasteiger partial charge in [-0.05, 0) is 31.3 Å². The van der Waals surface area contributed by atoms with Crippen LogP contribution >= 0.6 is 34.8 Å². The highest BCUT2D eigenvalue weighted by Gasteiger charge is 2.39. The van der Waals surface area contributed by atoms with Crippen LogP contribution in [0.1, 0.15) is 0 Å². The second-order valence-corrected chi connectivity index (χ2v) is 10.1. The van der Waals surface area contributed by atoms with Gasteiger partial charge in [-0.2, -0.15) is 0 Å². The van der Waals surface area contributed by atoms with Crippen molar-refractivity contribution in [3.8, 4) is 0 Å². The van der Waals surface area contributed by atoms with E-state index in [0.717, 1.165) is 24.3 Å². The summed E-state index contributed by atoms with van der Waals surface area (Å²) >= 11 is 16.0. The summed E-state index contributed by atoms with van der Waals surface area (Å²) in [4.78, 5) is -0.370. The van der Waals surface area contributed by atoms with E-state index in [1.54, 1.807) is 0 Å². The summed E-state index contributed by atoms with van der Waals surface area (Å²) in [5, 5.41) is 0. The predicted octanol–water partition coefficient (Wildman–Crippen LogP) is 1.70. The molecule has 0 atom stereocenters. The number of nitrogens with one attached hydrogen (secondary N) is 1. The minimum absolute atomic E-state index is 0.0896. The van der Waals surface area contributed by atoms with Gasteiger partial charge in [0.15, 0.2) is 0 Å². The highest BCUT2D eigenvalue weighted by Crippen LogP contribution is 2.37. The predicted molar refractivity (Wildman–Crippen MR) is 70.2 cm³/mol. The lowest BCUT2D eigenvalue weighted by Gasteiger charge is -2.12. The van der Waals surface area contributed by atoms with Gasteiger partial charge in [-0.25, -0.2) is 21.6 Å². The third-order valence-corrected chi connectivity index (χ3v) is 6.78. The van der Waals surface area contributed by atoms with Crippen LogP contribution in [-0.2, 0) is 19.9 Å². The maximum Gasteiger partial charge on any atom is 0.296 e. The largest absolute Gasteiger partial charge is 0.296 e. The standard InChI is InChI=1S/C8H8Cl3NO4S2/c1-12-18(15,16)7-4-2-6(3-5-7)17(13,14)8(9,10)11/h2-5,12H,1H3. The Balaban J connectivity index is 3.29. The summed E-state index contributed by atoms with van der Waals surface area (Å²) in [6.45, 7) is 0. The van der Waals surface area contributed by atoms with Gasteiger partial charge >= 0.3 is 0 Å². The third-order valence-electron chi connectivity index (χ3n) is 2.02. The SMILES string of the molecule is CNS(=O)(=O)c1ccc(S(=O)(=O)C(Cl)(Cl)Cl)cc1. The summed E-state index contributed by atoms with van der Waals surface area (Å²) in [5.41, 5.74) is 0. The fraction of sp³-hybridized carbons (Fsp3) is 0.250. The molecule has 0 aliphatic carbocycles. The molecule has 102 valence electrons. The topological polar surface area (TPSA) is 80.3 Å². The number of alkyl halides is 3. The van der Waals surface area contributed by atoms with E-state index >= 15 is 0 Å². The molecule has 0 radical (unpaired) electrons. The van der Waals surface area contributed by atoms with Gasteiger partial charge in [-0.3, -0.25) is 0 Å². The van der Waals surface area contributed by atoms with Gasteiger partial charge in [-0.15, -0.1) is 0 Å². The summed E-state index contributed by atoms with van der Waals surface area (Å²) in [6, 6.07) is 4.33. The molecular weight excluding hydrogens is 345 g/mol. The van der Waals surface area contributed by atoms with Crippen molar-refractivity contribution in [2.45, 2.75) is 12.9 Å². The van der Waals surface area contributed by atoms with Crippen LogP contribution in [0.25, 0.3) is 0 Å². The highest BCUT2D eigenvalue weighted by atomic mass is 35.6. The van der Waals surface area contributed by atoms with Crippen molar-refractivity contribution >= 4 is 54.7 Å². The zero-order valence-corrected chi connectivity index (χ0v) is 12.8. The zero-order valence-electron chi connectivity index (χ0n) is 8.89. The smallest absolute Gasteiger partial charge is 0.219 e. The number of hydrogen-bond donors (Lipinski definition) is 1. The Morgan fingerprint density at radius 3 is 1.67 bits per heavy atom. The van der Waals surface area contributed by atoms with Crippen LogP contribution < -0.4 is 4.72 Å². The molecule has 0 saturated heterocycles. The van der Waals surface area contributed by atoms with Gasteiger partial charge in [0.1, 0.15) is 0 Å². The third kappa shape index (κ3) is 3.09. The molecule has 0 aliphatic heterocycles. The van der Waals surface area contributed by atoms with Gasteiger partial charge in [0, 0.05) is 0 Å². The van der Waals surface area contributed by atoms with Crippen molar-refractivity contribution in [1.29, 1.82) is 0 Å². The first-order chi connectivity index (χ1) is 8.02.